The number of amides is 1. The molecular weight excluding hydrogens is 596 g/mol. The van der Waals surface area contributed by atoms with Crippen LogP contribution in [0.25, 0.3) is 11.1 Å². The number of allylic oxidation sites excluding steroid dienone is 1. The number of halogens is 1. The van der Waals surface area contributed by atoms with Crippen molar-refractivity contribution in [1.82, 2.24) is 14.8 Å². The number of methoxy groups -OCH3 is 2. The average molecular weight is 627 g/mol. The number of aryl methyl sites for hydroxylation is 2. The fraction of sp³-hybridized carbons (Fsp3) is 0.267. The monoisotopic (exact) mass is 626 g/mol. The van der Waals surface area contributed by atoms with E-state index >= 15 is 0 Å². The van der Waals surface area contributed by atoms with Gasteiger partial charge in [0.25, 0.3) is 0 Å². The van der Waals surface area contributed by atoms with Gasteiger partial charge in [0.15, 0.2) is 5.16 Å². The number of thioether (sulfide) groups is 1. The molecule has 4 aromatic rings. The quantitative estimate of drug-likeness (QED) is 0.0714. The van der Waals surface area contributed by atoms with Crippen LogP contribution in [0.3, 0.4) is 0 Å². The minimum atomic E-state index is -0.532. The molecular formula is C30H31ClN4O5S2. The van der Waals surface area contributed by atoms with Crippen LogP contribution in [0.4, 0.5) is 5.00 Å². The number of esters is 1. The lowest BCUT2D eigenvalue weighted by Gasteiger charge is -2.10. The smallest absolute Gasteiger partial charge is 0.341 e. The Morgan fingerprint density at radius 2 is 1.95 bits per heavy atom. The van der Waals surface area contributed by atoms with Crippen molar-refractivity contribution in [2.24, 2.45) is 0 Å². The van der Waals surface area contributed by atoms with Crippen LogP contribution in [-0.4, -0.2) is 53.2 Å². The SMILES string of the molecule is C=CCn1c(CCCOc2ccc(Cl)cc2C)nnc1SCC(=O)Nc1scc(-c2ccc(OC)cc2)c1C(=O)OC. The van der Waals surface area contributed by atoms with Crippen molar-refractivity contribution in [2.75, 3.05) is 31.9 Å². The van der Waals surface area contributed by atoms with E-state index in [-0.39, 0.29) is 11.7 Å². The van der Waals surface area contributed by atoms with E-state index in [1.807, 2.05) is 53.3 Å². The third kappa shape index (κ3) is 7.72. The van der Waals surface area contributed by atoms with E-state index in [1.165, 1.54) is 30.2 Å². The summed E-state index contributed by atoms with van der Waals surface area (Å²) in [5.41, 5.74) is 2.76. The molecule has 2 aromatic heterocycles. The maximum Gasteiger partial charge on any atom is 0.341 e. The Hall–Kier alpha value is -3.80. The van der Waals surface area contributed by atoms with Gasteiger partial charge in [0, 0.05) is 28.9 Å². The second kappa shape index (κ2) is 14.9. The highest BCUT2D eigenvalue weighted by molar-refractivity contribution is 7.99. The van der Waals surface area contributed by atoms with Gasteiger partial charge in [0.05, 0.1) is 26.6 Å². The molecule has 0 fully saturated rings. The lowest BCUT2D eigenvalue weighted by Crippen LogP contribution is -2.16. The highest BCUT2D eigenvalue weighted by Crippen LogP contribution is 2.37. The molecule has 0 bridgehead atoms. The van der Waals surface area contributed by atoms with Crippen molar-refractivity contribution in [1.29, 1.82) is 0 Å². The summed E-state index contributed by atoms with van der Waals surface area (Å²) in [5, 5.41) is 15.0. The van der Waals surface area contributed by atoms with Crippen LogP contribution < -0.4 is 14.8 Å². The van der Waals surface area contributed by atoms with Gasteiger partial charge in [0.2, 0.25) is 5.91 Å². The molecule has 220 valence electrons. The maximum atomic E-state index is 13.0. The van der Waals surface area contributed by atoms with Crippen LogP contribution >= 0.6 is 34.7 Å². The molecule has 0 spiro atoms. The molecule has 0 saturated carbocycles. The second-order valence-corrected chi connectivity index (χ2v) is 11.3. The Kier molecular flexibility index (Phi) is 11.0. The van der Waals surface area contributed by atoms with Gasteiger partial charge in [-0.3, -0.25) is 4.79 Å². The summed E-state index contributed by atoms with van der Waals surface area (Å²) in [7, 11) is 2.90. The molecule has 1 N–H and O–H groups in total. The number of thiophene rings is 1. The van der Waals surface area contributed by atoms with Gasteiger partial charge in [-0.25, -0.2) is 4.79 Å². The molecule has 42 heavy (non-hydrogen) atoms. The molecule has 4 rings (SSSR count). The molecule has 0 radical (unpaired) electrons. The van der Waals surface area contributed by atoms with E-state index in [0.29, 0.717) is 51.6 Å². The summed E-state index contributed by atoms with van der Waals surface area (Å²) in [6.07, 6.45) is 3.14. The van der Waals surface area contributed by atoms with Crippen LogP contribution in [0.15, 0.2) is 65.7 Å². The average Bonchev–Trinajstić information content (AvgIpc) is 3.58. The summed E-state index contributed by atoms with van der Waals surface area (Å²) < 4.78 is 18.1. The molecule has 9 nitrogen and oxygen atoms in total. The number of nitrogens with one attached hydrogen (secondary N) is 1. The normalized spacial score (nSPS) is 10.8. The summed E-state index contributed by atoms with van der Waals surface area (Å²) in [6.45, 7) is 6.81. The van der Waals surface area contributed by atoms with Crippen LogP contribution in [0.5, 0.6) is 11.5 Å². The topological polar surface area (TPSA) is 105 Å². The van der Waals surface area contributed by atoms with Gasteiger partial charge in [-0.05, 0) is 54.8 Å². The standard InChI is InChI=1S/C30H31ClN4O5S2/c1-5-14-35-25(7-6-15-40-24-13-10-21(31)16-19(24)2)33-34-30(35)42-18-26(36)32-28-27(29(37)39-4)23(17-41-28)20-8-11-22(38-3)12-9-20/h5,8-13,16-17H,1,6-7,14-15,18H2,2-4H3,(H,32,36). The van der Waals surface area contributed by atoms with Gasteiger partial charge in [0.1, 0.15) is 27.9 Å². The van der Waals surface area contributed by atoms with Crippen molar-refractivity contribution in [3.8, 4) is 22.6 Å². The molecule has 0 aliphatic heterocycles. The van der Waals surface area contributed by atoms with E-state index < -0.39 is 5.97 Å². The van der Waals surface area contributed by atoms with Gasteiger partial charge in [-0.2, -0.15) is 0 Å². The van der Waals surface area contributed by atoms with Crippen molar-refractivity contribution in [3.63, 3.8) is 0 Å². The van der Waals surface area contributed by atoms with Crippen molar-refractivity contribution in [2.45, 2.75) is 31.5 Å². The fourth-order valence-corrected chi connectivity index (χ4v) is 6.11. The molecule has 0 saturated heterocycles. The lowest BCUT2D eigenvalue weighted by molar-refractivity contribution is -0.113. The summed E-state index contributed by atoms with van der Waals surface area (Å²) >= 11 is 8.55. The number of carbonyl (C=O) groups excluding carboxylic acids is 2. The van der Waals surface area contributed by atoms with E-state index in [0.717, 1.165) is 29.1 Å². The van der Waals surface area contributed by atoms with E-state index in [2.05, 4.69) is 22.1 Å². The third-order valence-corrected chi connectivity index (χ3v) is 8.31. The van der Waals surface area contributed by atoms with E-state index in [4.69, 9.17) is 25.8 Å². The zero-order valence-corrected chi connectivity index (χ0v) is 25.9. The first kappa shape index (κ1) is 31.1. The van der Waals surface area contributed by atoms with Gasteiger partial charge >= 0.3 is 5.97 Å². The Bertz CT molecular complexity index is 1550. The van der Waals surface area contributed by atoms with Crippen LogP contribution in [-0.2, 0) is 22.5 Å². The molecule has 0 unspecified atom stereocenters. The number of carbonyl (C=O) groups is 2. The van der Waals surface area contributed by atoms with E-state index in [1.54, 1.807) is 19.3 Å². The molecule has 2 aromatic carbocycles. The fourth-order valence-electron chi connectivity index (χ4n) is 4.14. The van der Waals surface area contributed by atoms with Crippen LogP contribution in [0.2, 0.25) is 5.02 Å². The minimum Gasteiger partial charge on any atom is -0.497 e. The van der Waals surface area contributed by atoms with Crippen molar-refractivity contribution < 1.29 is 23.8 Å². The molecule has 0 aliphatic rings. The number of rotatable bonds is 14. The minimum absolute atomic E-state index is 0.0740. The number of hydrogen-bond acceptors (Lipinski definition) is 9. The van der Waals surface area contributed by atoms with Crippen LogP contribution in [0, 0.1) is 6.92 Å². The number of nitrogens with zero attached hydrogens (tertiary/aromatic N) is 3. The summed E-state index contributed by atoms with van der Waals surface area (Å²) in [4.78, 5) is 25.6. The number of anilines is 1. The van der Waals surface area contributed by atoms with Crippen molar-refractivity contribution in [3.05, 3.63) is 82.5 Å². The largest absolute Gasteiger partial charge is 0.497 e. The Balaban J connectivity index is 1.38. The molecule has 2 heterocycles. The Morgan fingerprint density at radius 3 is 2.64 bits per heavy atom. The van der Waals surface area contributed by atoms with Crippen molar-refractivity contribution >= 4 is 51.6 Å². The summed E-state index contributed by atoms with van der Waals surface area (Å²) in [6, 6.07) is 12.9. The third-order valence-electron chi connectivity index (χ3n) is 6.21. The second-order valence-electron chi connectivity index (χ2n) is 9.07. The highest BCUT2D eigenvalue weighted by Gasteiger charge is 2.23. The predicted molar refractivity (Wildman–Crippen MR) is 167 cm³/mol. The maximum absolute atomic E-state index is 13.0. The number of ether oxygens (including phenoxy) is 3. The first-order chi connectivity index (χ1) is 20.3. The Morgan fingerprint density at radius 1 is 1.17 bits per heavy atom. The molecule has 12 heteroatoms. The first-order valence-corrected chi connectivity index (χ1v) is 15.3. The zero-order chi connectivity index (χ0) is 30.1. The van der Waals surface area contributed by atoms with Gasteiger partial charge in [-0.15, -0.1) is 28.1 Å². The summed E-state index contributed by atoms with van der Waals surface area (Å²) in [5.74, 6) is 1.54. The zero-order valence-electron chi connectivity index (χ0n) is 23.5. The predicted octanol–water partition coefficient (Wildman–Crippen LogP) is 6.69. The Labute approximate surface area is 257 Å². The lowest BCUT2D eigenvalue weighted by atomic mass is 10.0. The number of aromatic nitrogens is 3. The van der Waals surface area contributed by atoms with Crippen LogP contribution in [0.1, 0.15) is 28.2 Å². The number of benzene rings is 2. The van der Waals surface area contributed by atoms with E-state index in [9.17, 15) is 9.59 Å². The van der Waals surface area contributed by atoms with Gasteiger partial charge in [-0.1, -0.05) is 41.6 Å². The molecule has 1 amide bonds. The molecule has 0 aliphatic carbocycles. The first-order valence-electron chi connectivity index (χ1n) is 13.0. The van der Waals surface area contributed by atoms with Gasteiger partial charge < -0.3 is 24.1 Å². The highest BCUT2D eigenvalue weighted by atomic mass is 35.5. The number of hydrogen-bond donors (Lipinski definition) is 1. The molecule has 0 atom stereocenters.